The Labute approximate surface area is 149 Å². The van der Waals surface area contributed by atoms with E-state index < -0.39 is 0 Å². The number of hydrogen-bond acceptors (Lipinski definition) is 4. The first-order chi connectivity index (χ1) is 12.0. The Bertz CT molecular complexity index is 1010. The Hall–Kier alpha value is -2.73. The first-order valence-electron chi connectivity index (χ1n) is 8.09. The molecule has 6 heteroatoms. The van der Waals surface area contributed by atoms with Crippen LogP contribution in [-0.4, -0.2) is 23.8 Å². The topological polar surface area (TPSA) is 62.3 Å². The van der Waals surface area contributed by atoms with Crippen molar-refractivity contribution in [1.29, 1.82) is 0 Å². The zero-order chi connectivity index (χ0) is 17.6. The van der Waals surface area contributed by atoms with Crippen molar-refractivity contribution < 1.29 is 9.59 Å². The van der Waals surface area contributed by atoms with Gasteiger partial charge in [0.05, 0.1) is 10.2 Å². The molecule has 0 atom stereocenters. The summed E-state index contributed by atoms with van der Waals surface area (Å²) in [4.78, 5) is 30.4. The van der Waals surface area contributed by atoms with E-state index in [-0.39, 0.29) is 11.8 Å². The van der Waals surface area contributed by atoms with Crippen LogP contribution in [0.5, 0.6) is 0 Å². The SMILES string of the molecule is Cc1ccc2nc(NC(=O)c3ccc4c(c3)CCC(=O)N4C)sc2c1. The third kappa shape index (κ3) is 2.89. The molecule has 2 amide bonds. The normalized spacial score (nSPS) is 13.8. The lowest BCUT2D eigenvalue weighted by atomic mass is 9.99. The van der Waals surface area contributed by atoms with E-state index in [0.717, 1.165) is 21.5 Å². The first-order valence-corrected chi connectivity index (χ1v) is 8.91. The molecule has 0 saturated carbocycles. The fourth-order valence-electron chi connectivity index (χ4n) is 3.05. The van der Waals surface area contributed by atoms with Gasteiger partial charge in [-0.1, -0.05) is 17.4 Å². The second-order valence-electron chi connectivity index (χ2n) is 6.24. The standard InChI is InChI=1S/C19H17N3O2S/c1-11-3-6-14-16(9-11)25-19(20-14)21-18(24)13-4-7-15-12(10-13)5-8-17(23)22(15)2/h3-4,6-7,9-10H,5,8H2,1-2H3,(H,20,21,24). The number of amides is 2. The van der Waals surface area contributed by atoms with Crippen LogP contribution in [0.4, 0.5) is 10.8 Å². The molecule has 4 rings (SSSR count). The summed E-state index contributed by atoms with van der Waals surface area (Å²) in [5.41, 5.74) is 4.54. The van der Waals surface area contributed by atoms with Crippen LogP contribution >= 0.6 is 11.3 Å². The van der Waals surface area contributed by atoms with Gasteiger partial charge in [0.15, 0.2) is 5.13 Å². The van der Waals surface area contributed by atoms with Gasteiger partial charge in [0, 0.05) is 24.7 Å². The number of thiazole rings is 1. The summed E-state index contributed by atoms with van der Waals surface area (Å²) in [7, 11) is 1.77. The molecular formula is C19H17N3O2S. The zero-order valence-corrected chi connectivity index (χ0v) is 14.8. The third-order valence-electron chi connectivity index (χ3n) is 4.45. The van der Waals surface area contributed by atoms with Crippen LogP contribution in [0.1, 0.15) is 27.9 Å². The molecule has 1 aliphatic rings. The van der Waals surface area contributed by atoms with E-state index in [1.165, 1.54) is 16.9 Å². The predicted molar refractivity (Wildman–Crippen MR) is 100 cm³/mol. The van der Waals surface area contributed by atoms with Crippen LogP contribution in [0.25, 0.3) is 10.2 Å². The van der Waals surface area contributed by atoms with E-state index in [2.05, 4.69) is 16.4 Å². The number of nitrogens with one attached hydrogen (secondary N) is 1. The van der Waals surface area contributed by atoms with Gasteiger partial charge < -0.3 is 4.90 Å². The number of fused-ring (bicyclic) bond motifs is 2. The van der Waals surface area contributed by atoms with Crippen LogP contribution in [0, 0.1) is 6.92 Å². The summed E-state index contributed by atoms with van der Waals surface area (Å²) >= 11 is 1.47. The maximum Gasteiger partial charge on any atom is 0.257 e. The fraction of sp³-hybridized carbons (Fsp3) is 0.211. The molecular weight excluding hydrogens is 334 g/mol. The van der Waals surface area contributed by atoms with Crippen LogP contribution in [0.15, 0.2) is 36.4 Å². The number of hydrogen-bond donors (Lipinski definition) is 1. The average Bonchev–Trinajstić information content (AvgIpc) is 2.99. The Morgan fingerprint density at radius 1 is 1.20 bits per heavy atom. The lowest BCUT2D eigenvalue weighted by molar-refractivity contribution is -0.118. The van der Waals surface area contributed by atoms with Gasteiger partial charge in [0.1, 0.15) is 0 Å². The summed E-state index contributed by atoms with van der Waals surface area (Å²) < 4.78 is 1.06. The minimum atomic E-state index is -0.182. The van der Waals surface area contributed by atoms with Gasteiger partial charge in [-0.15, -0.1) is 0 Å². The monoisotopic (exact) mass is 351 g/mol. The lowest BCUT2D eigenvalue weighted by Gasteiger charge is -2.25. The van der Waals surface area contributed by atoms with Gasteiger partial charge in [-0.25, -0.2) is 4.98 Å². The number of anilines is 2. The summed E-state index contributed by atoms with van der Waals surface area (Å²) in [6, 6.07) is 11.5. The second-order valence-corrected chi connectivity index (χ2v) is 7.27. The van der Waals surface area contributed by atoms with Crippen molar-refractivity contribution in [3.8, 4) is 0 Å². The highest BCUT2D eigenvalue weighted by atomic mass is 32.1. The first kappa shape index (κ1) is 15.8. The molecule has 2 aromatic carbocycles. The second kappa shape index (κ2) is 5.97. The highest BCUT2D eigenvalue weighted by molar-refractivity contribution is 7.22. The summed E-state index contributed by atoms with van der Waals surface area (Å²) in [5.74, 6) is -0.0763. The van der Waals surface area contributed by atoms with Gasteiger partial charge in [-0.3, -0.25) is 14.9 Å². The minimum Gasteiger partial charge on any atom is -0.315 e. The van der Waals surface area contributed by atoms with Crippen molar-refractivity contribution in [2.24, 2.45) is 0 Å². The van der Waals surface area contributed by atoms with Gasteiger partial charge in [-0.2, -0.15) is 0 Å². The van der Waals surface area contributed by atoms with E-state index in [0.29, 0.717) is 23.5 Å². The summed E-state index contributed by atoms with van der Waals surface area (Å²) in [5, 5.41) is 3.47. The van der Waals surface area contributed by atoms with Crippen molar-refractivity contribution in [3.63, 3.8) is 0 Å². The number of aryl methyl sites for hydroxylation is 2. The molecule has 0 saturated heterocycles. The maximum atomic E-state index is 12.6. The van der Waals surface area contributed by atoms with E-state index in [1.54, 1.807) is 18.0 Å². The minimum absolute atomic E-state index is 0.106. The molecule has 2 heterocycles. The molecule has 1 aliphatic heterocycles. The molecule has 1 aromatic heterocycles. The molecule has 0 fully saturated rings. The van der Waals surface area contributed by atoms with Crippen LogP contribution < -0.4 is 10.2 Å². The van der Waals surface area contributed by atoms with Crippen molar-refractivity contribution in [1.82, 2.24) is 4.98 Å². The molecule has 0 spiro atoms. The molecule has 0 bridgehead atoms. The lowest BCUT2D eigenvalue weighted by Crippen LogP contribution is -2.31. The molecule has 0 radical (unpaired) electrons. The Balaban J connectivity index is 1.59. The van der Waals surface area contributed by atoms with Gasteiger partial charge in [0.25, 0.3) is 5.91 Å². The zero-order valence-electron chi connectivity index (χ0n) is 14.0. The van der Waals surface area contributed by atoms with Crippen molar-refractivity contribution >= 4 is 44.2 Å². The Kier molecular flexibility index (Phi) is 3.77. The van der Waals surface area contributed by atoms with Crippen LogP contribution in [0.3, 0.4) is 0 Å². The molecule has 3 aromatic rings. The molecule has 25 heavy (non-hydrogen) atoms. The predicted octanol–water partition coefficient (Wildman–Crippen LogP) is 3.77. The van der Waals surface area contributed by atoms with E-state index in [1.807, 2.05) is 31.2 Å². The van der Waals surface area contributed by atoms with Gasteiger partial charge >= 0.3 is 0 Å². The van der Waals surface area contributed by atoms with Crippen molar-refractivity contribution in [2.75, 3.05) is 17.3 Å². The highest BCUT2D eigenvalue weighted by Crippen LogP contribution is 2.29. The number of benzene rings is 2. The smallest absolute Gasteiger partial charge is 0.257 e. The van der Waals surface area contributed by atoms with E-state index >= 15 is 0 Å². The van der Waals surface area contributed by atoms with Crippen molar-refractivity contribution in [3.05, 3.63) is 53.1 Å². The van der Waals surface area contributed by atoms with Gasteiger partial charge in [0.2, 0.25) is 5.91 Å². The molecule has 0 aliphatic carbocycles. The Morgan fingerprint density at radius 3 is 2.88 bits per heavy atom. The largest absolute Gasteiger partial charge is 0.315 e. The van der Waals surface area contributed by atoms with Crippen LogP contribution in [0.2, 0.25) is 0 Å². The van der Waals surface area contributed by atoms with Crippen LogP contribution in [-0.2, 0) is 11.2 Å². The van der Waals surface area contributed by atoms with E-state index in [4.69, 9.17) is 0 Å². The number of carbonyl (C=O) groups excluding carboxylic acids is 2. The molecule has 1 N–H and O–H groups in total. The number of rotatable bonds is 2. The van der Waals surface area contributed by atoms with Crippen molar-refractivity contribution in [2.45, 2.75) is 19.8 Å². The number of nitrogens with zero attached hydrogens (tertiary/aromatic N) is 2. The maximum absolute atomic E-state index is 12.6. The highest BCUT2D eigenvalue weighted by Gasteiger charge is 2.22. The van der Waals surface area contributed by atoms with E-state index in [9.17, 15) is 9.59 Å². The molecule has 126 valence electrons. The Morgan fingerprint density at radius 2 is 2.04 bits per heavy atom. The summed E-state index contributed by atoms with van der Waals surface area (Å²) in [6.07, 6.45) is 1.14. The average molecular weight is 351 g/mol. The molecule has 0 unspecified atom stereocenters. The quantitative estimate of drug-likeness (QED) is 0.764. The third-order valence-corrected chi connectivity index (χ3v) is 5.38. The number of aromatic nitrogens is 1. The number of carbonyl (C=O) groups is 2. The van der Waals surface area contributed by atoms with Gasteiger partial charge in [-0.05, 0) is 54.8 Å². The fourth-order valence-corrected chi connectivity index (χ4v) is 4.01. The summed E-state index contributed by atoms with van der Waals surface area (Å²) in [6.45, 7) is 2.03. The molecule has 5 nitrogen and oxygen atoms in total.